The van der Waals surface area contributed by atoms with E-state index in [9.17, 15) is 4.79 Å². The number of carbonyl (C=O) groups is 1. The number of nitrogens with zero attached hydrogens (tertiary/aromatic N) is 2. The minimum absolute atomic E-state index is 0.259. The predicted molar refractivity (Wildman–Crippen MR) is 72.8 cm³/mol. The molecule has 0 radical (unpaired) electrons. The van der Waals surface area contributed by atoms with Gasteiger partial charge in [0.1, 0.15) is 6.54 Å². The summed E-state index contributed by atoms with van der Waals surface area (Å²) in [6.07, 6.45) is 0. The molecule has 0 spiro atoms. The van der Waals surface area contributed by atoms with Gasteiger partial charge in [0, 0.05) is 25.2 Å². The molecule has 0 N–H and O–H groups in total. The summed E-state index contributed by atoms with van der Waals surface area (Å²) in [5, 5.41) is 0. The molecule has 2 bridgehead atoms. The Kier molecular flexibility index (Phi) is 3.29. The molecule has 3 fully saturated rings. The van der Waals surface area contributed by atoms with Gasteiger partial charge >= 0.3 is 5.97 Å². The Hall–Kier alpha value is -1.39. The lowest BCUT2D eigenvalue weighted by molar-refractivity contribution is -0.953. The maximum atomic E-state index is 11.4. The Bertz CT molecular complexity index is 448. The van der Waals surface area contributed by atoms with Crippen LogP contribution in [-0.4, -0.2) is 61.7 Å². The Balaban J connectivity index is 1.71. The molecule has 4 heteroatoms. The van der Waals surface area contributed by atoms with Crippen LogP contribution in [-0.2, 0) is 11.3 Å². The molecule has 4 nitrogen and oxygen atoms in total. The van der Waals surface area contributed by atoms with Crippen LogP contribution in [0.1, 0.15) is 15.9 Å². The van der Waals surface area contributed by atoms with Crippen molar-refractivity contribution in [2.75, 3.05) is 46.4 Å². The maximum Gasteiger partial charge on any atom is 0.337 e. The van der Waals surface area contributed by atoms with Crippen molar-refractivity contribution in [1.82, 2.24) is 4.90 Å². The molecular weight excluding hydrogens is 240 g/mol. The van der Waals surface area contributed by atoms with Gasteiger partial charge in [0.2, 0.25) is 0 Å². The molecule has 4 rings (SSSR count). The van der Waals surface area contributed by atoms with Crippen LogP contribution in [0.3, 0.4) is 0 Å². The number of hydrogen-bond donors (Lipinski definition) is 0. The topological polar surface area (TPSA) is 29.5 Å². The Morgan fingerprint density at radius 3 is 2.26 bits per heavy atom. The monoisotopic (exact) mass is 261 g/mol. The van der Waals surface area contributed by atoms with E-state index >= 15 is 0 Å². The molecule has 0 aliphatic carbocycles. The van der Waals surface area contributed by atoms with Gasteiger partial charge < -0.3 is 9.22 Å². The van der Waals surface area contributed by atoms with Gasteiger partial charge in [-0.2, -0.15) is 0 Å². The van der Waals surface area contributed by atoms with E-state index < -0.39 is 0 Å². The summed E-state index contributed by atoms with van der Waals surface area (Å²) in [6.45, 7) is 8.59. The number of rotatable bonds is 3. The number of methoxy groups -OCH3 is 1. The van der Waals surface area contributed by atoms with Crippen molar-refractivity contribution in [3.63, 3.8) is 0 Å². The number of hydrogen-bond acceptors (Lipinski definition) is 3. The third-order valence-corrected chi connectivity index (χ3v) is 4.56. The van der Waals surface area contributed by atoms with Crippen molar-refractivity contribution in [2.24, 2.45) is 0 Å². The van der Waals surface area contributed by atoms with E-state index in [1.54, 1.807) is 0 Å². The van der Waals surface area contributed by atoms with Crippen LogP contribution in [0.25, 0.3) is 0 Å². The van der Waals surface area contributed by atoms with Crippen LogP contribution in [0.2, 0.25) is 0 Å². The van der Waals surface area contributed by atoms with Crippen LogP contribution in [0.15, 0.2) is 24.3 Å². The van der Waals surface area contributed by atoms with Gasteiger partial charge in [-0.3, -0.25) is 4.90 Å². The third-order valence-electron chi connectivity index (χ3n) is 4.56. The molecule has 102 valence electrons. The summed E-state index contributed by atoms with van der Waals surface area (Å²) in [7, 11) is 1.42. The van der Waals surface area contributed by atoms with Crippen molar-refractivity contribution in [1.29, 1.82) is 0 Å². The van der Waals surface area contributed by atoms with Gasteiger partial charge in [-0.25, -0.2) is 4.79 Å². The molecule has 1 aromatic carbocycles. The van der Waals surface area contributed by atoms with Crippen molar-refractivity contribution in [2.45, 2.75) is 6.54 Å². The molecule has 0 unspecified atom stereocenters. The molecule has 0 atom stereocenters. The molecule has 3 aliphatic rings. The number of ether oxygens (including phenoxy) is 1. The summed E-state index contributed by atoms with van der Waals surface area (Å²) in [5.41, 5.74) is 1.96. The number of quaternary nitrogens is 1. The first-order valence-electron chi connectivity index (χ1n) is 6.96. The number of carbonyl (C=O) groups excluding carboxylic acids is 1. The molecule has 3 aliphatic heterocycles. The zero-order valence-corrected chi connectivity index (χ0v) is 11.5. The lowest BCUT2D eigenvalue weighted by Crippen LogP contribution is -2.66. The largest absolute Gasteiger partial charge is 0.465 e. The van der Waals surface area contributed by atoms with Crippen molar-refractivity contribution in [3.8, 4) is 0 Å². The molecule has 3 saturated heterocycles. The highest BCUT2D eigenvalue weighted by atomic mass is 16.5. The van der Waals surface area contributed by atoms with Crippen LogP contribution in [0.4, 0.5) is 0 Å². The van der Waals surface area contributed by atoms with Crippen molar-refractivity contribution >= 4 is 5.97 Å². The van der Waals surface area contributed by atoms with E-state index in [-0.39, 0.29) is 5.97 Å². The average molecular weight is 261 g/mol. The summed E-state index contributed by atoms with van der Waals surface area (Å²) < 4.78 is 5.94. The minimum atomic E-state index is -0.259. The predicted octanol–water partition coefficient (Wildman–Crippen LogP) is 1.12. The summed E-state index contributed by atoms with van der Waals surface area (Å²) in [4.78, 5) is 14.0. The van der Waals surface area contributed by atoms with Crippen LogP contribution >= 0.6 is 0 Å². The molecule has 0 amide bonds. The highest BCUT2D eigenvalue weighted by Crippen LogP contribution is 2.23. The lowest BCUT2D eigenvalue weighted by Gasteiger charge is -2.50. The minimum Gasteiger partial charge on any atom is -0.465 e. The fourth-order valence-electron chi connectivity index (χ4n) is 3.22. The van der Waals surface area contributed by atoms with Crippen LogP contribution in [0.5, 0.6) is 0 Å². The van der Waals surface area contributed by atoms with Gasteiger partial charge in [0.25, 0.3) is 0 Å². The van der Waals surface area contributed by atoms with Gasteiger partial charge in [-0.1, -0.05) is 12.1 Å². The van der Waals surface area contributed by atoms with Crippen molar-refractivity contribution < 1.29 is 14.0 Å². The molecule has 0 saturated carbocycles. The maximum absolute atomic E-state index is 11.4. The van der Waals surface area contributed by atoms with Crippen LogP contribution in [0, 0.1) is 0 Å². The number of fused-ring (bicyclic) bond motifs is 3. The Morgan fingerprint density at radius 1 is 1.16 bits per heavy atom. The highest BCUT2D eigenvalue weighted by molar-refractivity contribution is 5.89. The summed E-state index contributed by atoms with van der Waals surface area (Å²) >= 11 is 0. The first kappa shape index (κ1) is 12.6. The third kappa shape index (κ3) is 2.51. The normalized spacial score (nSPS) is 29.2. The Labute approximate surface area is 114 Å². The molecule has 1 aromatic rings. The van der Waals surface area contributed by atoms with E-state index in [0.29, 0.717) is 5.56 Å². The molecule has 19 heavy (non-hydrogen) atoms. The quantitative estimate of drug-likeness (QED) is 0.603. The summed E-state index contributed by atoms with van der Waals surface area (Å²) in [5.74, 6) is -0.259. The number of benzene rings is 1. The van der Waals surface area contributed by atoms with Gasteiger partial charge in [-0.15, -0.1) is 0 Å². The van der Waals surface area contributed by atoms with Gasteiger partial charge in [0.15, 0.2) is 0 Å². The highest BCUT2D eigenvalue weighted by Gasteiger charge is 2.38. The molecule has 3 heterocycles. The zero-order valence-electron chi connectivity index (χ0n) is 11.5. The first-order valence-corrected chi connectivity index (χ1v) is 6.96. The van der Waals surface area contributed by atoms with Crippen LogP contribution < -0.4 is 0 Å². The summed E-state index contributed by atoms with van der Waals surface area (Å²) in [6, 6.07) is 7.89. The number of piperazine rings is 3. The average Bonchev–Trinajstić information content (AvgIpc) is 2.49. The fourth-order valence-corrected chi connectivity index (χ4v) is 3.22. The second-order valence-electron chi connectivity index (χ2n) is 5.70. The number of esters is 1. The van der Waals surface area contributed by atoms with E-state index in [0.717, 1.165) is 6.54 Å². The second kappa shape index (κ2) is 4.94. The standard InChI is InChI=1S/C15H21N2O2/c1-19-15(18)14-4-2-13(3-5-14)12-17-9-6-16(7-10-17)8-11-17/h2-5H,6-12H2,1H3/q+1. The van der Waals surface area contributed by atoms with Gasteiger partial charge in [-0.05, 0) is 12.1 Å². The first-order chi connectivity index (χ1) is 9.21. The fraction of sp³-hybridized carbons (Fsp3) is 0.533. The zero-order chi connectivity index (χ0) is 13.3. The molecule has 0 aromatic heterocycles. The molecular formula is C15H21N2O2+. The van der Waals surface area contributed by atoms with E-state index in [2.05, 4.69) is 17.0 Å². The van der Waals surface area contributed by atoms with E-state index in [1.807, 2.05) is 12.1 Å². The Morgan fingerprint density at radius 2 is 1.74 bits per heavy atom. The van der Waals surface area contributed by atoms with Gasteiger partial charge in [0.05, 0.1) is 32.3 Å². The second-order valence-corrected chi connectivity index (χ2v) is 5.70. The lowest BCUT2D eigenvalue weighted by atomic mass is 10.1. The SMILES string of the molecule is COC(=O)c1ccc(C[N+]23CCN(CC2)CC3)cc1. The van der Waals surface area contributed by atoms with E-state index in [4.69, 9.17) is 4.74 Å². The van der Waals surface area contributed by atoms with Crippen molar-refractivity contribution in [3.05, 3.63) is 35.4 Å². The van der Waals surface area contributed by atoms with E-state index in [1.165, 1.54) is 56.4 Å². The smallest absolute Gasteiger partial charge is 0.337 e.